The number of ether oxygens (including phenoxy) is 1. The van der Waals surface area contributed by atoms with Gasteiger partial charge in [0.25, 0.3) is 0 Å². The molecule has 3 saturated carbocycles. The molecule has 1 atom stereocenters. The van der Waals surface area contributed by atoms with Crippen molar-refractivity contribution in [3.63, 3.8) is 0 Å². The fourth-order valence-corrected chi connectivity index (χ4v) is 5.29. The number of likely N-dealkylation sites (tertiary alicyclic amines) is 1. The molecule has 5 aliphatic rings. The summed E-state index contributed by atoms with van der Waals surface area (Å²) in [6.07, 6.45) is 11.6. The first kappa shape index (κ1) is 16.6. The first-order chi connectivity index (χ1) is 11.6. The van der Waals surface area contributed by atoms with Crippen LogP contribution in [0.5, 0.6) is 0 Å². The molecular weight excluding hydrogens is 302 g/mol. The number of oxime groups is 1. The lowest BCUT2D eigenvalue weighted by Gasteiger charge is -2.56. The van der Waals surface area contributed by atoms with Gasteiger partial charge in [-0.3, -0.25) is 4.90 Å². The third kappa shape index (κ3) is 2.94. The van der Waals surface area contributed by atoms with Crippen molar-refractivity contribution in [2.75, 3.05) is 40.3 Å². The van der Waals surface area contributed by atoms with E-state index < -0.39 is 0 Å². The monoisotopic (exact) mass is 335 g/mol. The van der Waals surface area contributed by atoms with E-state index in [4.69, 9.17) is 9.57 Å². The minimum atomic E-state index is 0.151. The van der Waals surface area contributed by atoms with E-state index in [1.165, 1.54) is 70.9 Å². The molecule has 0 amide bonds. The third-order valence-corrected chi connectivity index (χ3v) is 7.21. The van der Waals surface area contributed by atoms with Gasteiger partial charge in [0.15, 0.2) is 6.61 Å². The van der Waals surface area contributed by atoms with Crippen LogP contribution in [0.1, 0.15) is 57.8 Å². The predicted octanol–water partition coefficient (Wildman–Crippen LogP) is 2.86. The maximum atomic E-state index is 6.41. The first-order valence-corrected chi connectivity index (χ1v) is 9.89. The van der Waals surface area contributed by atoms with Crippen LogP contribution in [0.4, 0.5) is 0 Å². The molecule has 0 aromatic carbocycles. The number of nitrogens with zero attached hydrogens (tertiary/aromatic N) is 3. The zero-order valence-electron chi connectivity index (χ0n) is 15.4. The summed E-state index contributed by atoms with van der Waals surface area (Å²) < 4.78 is 6.41. The van der Waals surface area contributed by atoms with Crippen molar-refractivity contribution < 1.29 is 9.57 Å². The summed E-state index contributed by atoms with van der Waals surface area (Å²) in [6, 6.07) is 0. The van der Waals surface area contributed by atoms with E-state index >= 15 is 0 Å². The van der Waals surface area contributed by atoms with Crippen molar-refractivity contribution in [2.45, 2.75) is 69.4 Å². The lowest BCUT2D eigenvalue weighted by molar-refractivity contribution is -0.0517. The summed E-state index contributed by atoms with van der Waals surface area (Å²) in [5.41, 5.74) is 0.573. The Bertz CT molecular complexity index is 460. The molecule has 5 nitrogen and oxygen atoms in total. The molecule has 0 unspecified atom stereocenters. The molecule has 0 aromatic rings. The molecule has 1 saturated heterocycles. The average Bonchev–Trinajstić information content (AvgIpc) is 2.64. The van der Waals surface area contributed by atoms with Crippen LogP contribution in [0, 0.1) is 5.41 Å². The summed E-state index contributed by atoms with van der Waals surface area (Å²) in [4.78, 5) is 10.6. The summed E-state index contributed by atoms with van der Waals surface area (Å²) >= 11 is 0. The molecule has 2 aliphatic heterocycles. The molecule has 0 aromatic heterocycles. The fraction of sp³-hybridized carbons (Fsp3) is 0.947. The van der Waals surface area contributed by atoms with Crippen LogP contribution in [-0.2, 0) is 9.57 Å². The first-order valence-electron chi connectivity index (χ1n) is 9.89. The number of rotatable bonds is 4. The Morgan fingerprint density at radius 1 is 1.04 bits per heavy atom. The summed E-state index contributed by atoms with van der Waals surface area (Å²) in [7, 11) is 4.48. The summed E-state index contributed by atoms with van der Waals surface area (Å²) in [6.45, 7) is 4.03. The van der Waals surface area contributed by atoms with Crippen molar-refractivity contribution in [3.8, 4) is 0 Å². The molecule has 5 heteroatoms. The van der Waals surface area contributed by atoms with Crippen molar-refractivity contribution >= 4 is 5.90 Å². The van der Waals surface area contributed by atoms with Crippen LogP contribution < -0.4 is 0 Å². The van der Waals surface area contributed by atoms with Gasteiger partial charge in [-0.15, -0.1) is 0 Å². The van der Waals surface area contributed by atoms with E-state index in [2.05, 4.69) is 29.1 Å². The van der Waals surface area contributed by atoms with Gasteiger partial charge in [-0.1, -0.05) is 11.6 Å². The molecule has 24 heavy (non-hydrogen) atoms. The van der Waals surface area contributed by atoms with Gasteiger partial charge in [0.05, 0.1) is 0 Å². The second kappa shape index (κ2) is 6.49. The van der Waals surface area contributed by atoms with Crippen LogP contribution in [0.25, 0.3) is 0 Å². The molecule has 0 spiro atoms. The van der Waals surface area contributed by atoms with E-state index in [9.17, 15) is 0 Å². The van der Waals surface area contributed by atoms with Gasteiger partial charge in [-0.2, -0.15) is 0 Å². The zero-order chi connectivity index (χ0) is 16.6. The van der Waals surface area contributed by atoms with E-state index in [0.717, 1.165) is 12.4 Å². The number of hydrogen-bond donors (Lipinski definition) is 0. The molecule has 3 aliphatic carbocycles. The Labute approximate surface area is 146 Å². The van der Waals surface area contributed by atoms with Crippen molar-refractivity contribution in [2.24, 2.45) is 10.6 Å². The molecule has 0 radical (unpaired) electrons. The van der Waals surface area contributed by atoms with Crippen LogP contribution in [0.15, 0.2) is 5.16 Å². The number of piperidine rings is 1. The SMILES string of the molecule is CN(C)C12CCC(C3=NOC[C@@H](CN4CCCCC4)O3)(CC1)CC2. The van der Waals surface area contributed by atoms with E-state index in [1.807, 2.05) is 0 Å². The van der Waals surface area contributed by atoms with Gasteiger partial charge in [0.2, 0.25) is 5.90 Å². The maximum Gasteiger partial charge on any atom is 0.232 e. The molecule has 2 heterocycles. The van der Waals surface area contributed by atoms with E-state index in [0.29, 0.717) is 12.1 Å². The smallest absolute Gasteiger partial charge is 0.232 e. The maximum absolute atomic E-state index is 6.41. The largest absolute Gasteiger partial charge is 0.470 e. The van der Waals surface area contributed by atoms with Gasteiger partial charge in [-0.05, 0) is 78.6 Å². The van der Waals surface area contributed by atoms with Gasteiger partial charge in [0, 0.05) is 17.5 Å². The van der Waals surface area contributed by atoms with Crippen molar-refractivity contribution in [3.05, 3.63) is 0 Å². The second-order valence-electron chi connectivity index (χ2n) is 8.69. The third-order valence-electron chi connectivity index (χ3n) is 7.21. The van der Waals surface area contributed by atoms with Gasteiger partial charge >= 0.3 is 0 Å². The van der Waals surface area contributed by atoms with Crippen molar-refractivity contribution in [1.82, 2.24) is 9.80 Å². The average molecular weight is 335 g/mol. The standard InChI is InChI=1S/C19H33N3O2/c1-21(2)19-9-6-18(7-10-19,8-11-19)17-20-23-15-16(24-17)14-22-12-4-3-5-13-22/h16H,3-15H2,1-2H3/t16-,18?,19?/m1/s1. The minimum absolute atomic E-state index is 0.151. The van der Waals surface area contributed by atoms with Crippen LogP contribution in [0.3, 0.4) is 0 Å². The van der Waals surface area contributed by atoms with Gasteiger partial charge < -0.3 is 14.5 Å². The predicted molar refractivity (Wildman–Crippen MR) is 95.1 cm³/mol. The highest BCUT2D eigenvalue weighted by Gasteiger charge is 2.54. The van der Waals surface area contributed by atoms with Crippen LogP contribution in [0.2, 0.25) is 0 Å². The molecule has 4 fully saturated rings. The Kier molecular flexibility index (Phi) is 4.50. The Hall–Kier alpha value is -0.810. The molecular formula is C19H33N3O2. The Morgan fingerprint density at radius 3 is 2.33 bits per heavy atom. The normalized spacial score (nSPS) is 40.1. The lowest BCUT2D eigenvalue weighted by Crippen LogP contribution is -2.57. The van der Waals surface area contributed by atoms with E-state index in [-0.39, 0.29) is 11.5 Å². The lowest BCUT2D eigenvalue weighted by atomic mass is 9.56. The second-order valence-corrected chi connectivity index (χ2v) is 8.69. The fourth-order valence-electron chi connectivity index (χ4n) is 5.29. The summed E-state index contributed by atoms with van der Waals surface area (Å²) in [5.74, 6) is 0.919. The highest BCUT2D eigenvalue weighted by molar-refractivity contribution is 5.83. The topological polar surface area (TPSA) is 37.3 Å². The van der Waals surface area contributed by atoms with Crippen LogP contribution in [-0.4, -0.2) is 67.7 Å². The van der Waals surface area contributed by atoms with Crippen molar-refractivity contribution in [1.29, 1.82) is 0 Å². The number of fused-ring (bicyclic) bond motifs is 3. The van der Waals surface area contributed by atoms with Crippen LogP contribution >= 0.6 is 0 Å². The Balaban J connectivity index is 1.39. The minimum Gasteiger partial charge on any atom is -0.470 e. The molecule has 2 bridgehead atoms. The van der Waals surface area contributed by atoms with Gasteiger partial charge in [0.1, 0.15) is 6.10 Å². The molecule has 5 rings (SSSR count). The highest BCUT2D eigenvalue weighted by Crippen LogP contribution is 2.55. The summed E-state index contributed by atoms with van der Waals surface area (Å²) in [5, 5.41) is 4.39. The zero-order valence-corrected chi connectivity index (χ0v) is 15.4. The molecule has 0 N–H and O–H groups in total. The number of hydrogen-bond acceptors (Lipinski definition) is 5. The van der Waals surface area contributed by atoms with Gasteiger partial charge in [-0.25, -0.2) is 0 Å². The van der Waals surface area contributed by atoms with E-state index in [1.54, 1.807) is 0 Å². The Morgan fingerprint density at radius 2 is 1.71 bits per heavy atom. The molecule has 136 valence electrons. The highest BCUT2D eigenvalue weighted by atomic mass is 16.7. The quantitative estimate of drug-likeness (QED) is 0.792.